The molecule has 0 aromatic carbocycles. The third kappa shape index (κ3) is 2.90. The van der Waals surface area contributed by atoms with Gasteiger partial charge in [-0.2, -0.15) is 5.10 Å². The number of aryl methyl sites for hydroxylation is 1. The van der Waals surface area contributed by atoms with Gasteiger partial charge >= 0.3 is 0 Å². The molecule has 1 aliphatic carbocycles. The van der Waals surface area contributed by atoms with Crippen molar-refractivity contribution >= 4 is 0 Å². The van der Waals surface area contributed by atoms with E-state index in [0.717, 1.165) is 23.6 Å². The minimum absolute atomic E-state index is 0.451. The van der Waals surface area contributed by atoms with Crippen molar-refractivity contribution in [1.82, 2.24) is 20.1 Å². The van der Waals surface area contributed by atoms with Crippen molar-refractivity contribution < 1.29 is 0 Å². The standard InChI is InChI=1S/C16H22N4/c1-11(2)15-6-7-20(19-15)16-8-12(3)17-9-13(16)10-18-14-4-5-14/h6-9,11,14,18H,4-5,10H2,1-3H3. The quantitative estimate of drug-likeness (QED) is 0.908. The van der Waals surface area contributed by atoms with E-state index in [4.69, 9.17) is 0 Å². The van der Waals surface area contributed by atoms with Crippen molar-refractivity contribution in [2.75, 3.05) is 0 Å². The molecule has 2 aromatic heterocycles. The summed E-state index contributed by atoms with van der Waals surface area (Å²) in [6, 6.07) is 4.91. The lowest BCUT2D eigenvalue weighted by Gasteiger charge is -2.11. The van der Waals surface area contributed by atoms with Crippen LogP contribution in [0.1, 0.15) is 49.6 Å². The van der Waals surface area contributed by atoms with Gasteiger partial charge in [0, 0.05) is 36.2 Å². The molecule has 0 aliphatic heterocycles. The van der Waals surface area contributed by atoms with Crippen LogP contribution in [0.3, 0.4) is 0 Å². The minimum Gasteiger partial charge on any atom is -0.310 e. The van der Waals surface area contributed by atoms with E-state index in [9.17, 15) is 0 Å². The summed E-state index contributed by atoms with van der Waals surface area (Å²) < 4.78 is 1.98. The predicted molar refractivity (Wildman–Crippen MR) is 80.0 cm³/mol. The van der Waals surface area contributed by atoms with Gasteiger partial charge in [0.25, 0.3) is 0 Å². The molecule has 2 heterocycles. The number of pyridine rings is 1. The van der Waals surface area contributed by atoms with Gasteiger partial charge in [-0.05, 0) is 37.8 Å². The molecular weight excluding hydrogens is 248 g/mol. The number of rotatable bonds is 5. The summed E-state index contributed by atoms with van der Waals surface area (Å²) in [5.74, 6) is 0.451. The Kier molecular flexibility index (Phi) is 3.57. The van der Waals surface area contributed by atoms with Crippen molar-refractivity contribution in [2.24, 2.45) is 0 Å². The smallest absolute Gasteiger partial charge is 0.0724 e. The number of aromatic nitrogens is 3. The van der Waals surface area contributed by atoms with Crippen molar-refractivity contribution in [3.63, 3.8) is 0 Å². The average Bonchev–Trinajstić information content (AvgIpc) is 3.11. The lowest BCUT2D eigenvalue weighted by atomic mass is 10.1. The van der Waals surface area contributed by atoms with Gasteiger partial charge in [0.15, 0.2) is 0 Å². The first-order chi connectivity index (χ1) is 9.63. The normalized spacial score (nSPS) is 15.0. The summed E-state index contributed by atoms with van der Waals surface area (Å²) in [6.07, 6.45) is 6.61. The van der Waals surface area contributed by atoms with Gasteiger partial charge in [-0.1, -0.05) is 13.8 Å². The topological polar surface area (TPSA) is 42.7 Å². The van der Waals surface area contributed by atoms with Crippen LogP contribution in [0, 0.1) is 6.92 Å². The highest BCUT2D eigenvalue weighted by Gasteiger charge is 2.21. The molecule has 106 valence electrons. The van der Waals surface area contributed by atoms with Crippen LogP contribution in [-0.4, -0.2) is 20.8 Å². The number of hydrogen-bond acceptors (Lipinski definition) is 3. The largest absolute Gasteiger partial charge is 0.310 e. The Morgan fingerprint density at radius 3 is 2.85 bits per heavy atom. The highest BCUT2D eigenvalue weighted by atomic mass is 15.3. The maximum Gasteiger partial charge on any atom is 0.0724 e. The number of nitrogens with zero attached hydrogens (tertiary/aromatic N) is 3. The van der Waals surface area contributed by atoms with Gasteiger partial charge in [0.1, 0.15) is 0 Å². The molecule has 0 bridgehead atoms. The first-order valence-electron chi connectivity index (χ1n) is 7.38. The highest BCUT2D eigenvalue weighted by molar-refractivity contribution is 5.40. The molecule has 4 heteroatoms. The fourth-order valence-corrected chi connectivity index (χ4v) is 2.25. The van der Waals surface area contributed by atoms with E-state index in [1.54, 1.807) is 0 Å². The summed E-state index contributed by atoms with van der Waals surface area (Å²) in [7, 11) is 0. The van der Waals surface area contributed by atoms with Crippen LogP contribution < -0.4 is 5.32 Å². The molecule has 3 rings (SSSR count). The second-order valence-corrected chi connectivity index (χ2v) is 5.95. The van der Waals surface area contributed by atoms with Crippen LogP contribution in [0.15, 0.2) is 24.5 Å². The lowest BCUT2D eigenvalue weighted by molar-refractivity contribution is 0.676. The molecular formula is C16H22N4. The monoisotopic (exact) mass is 270 g/mol. The van der Waals surface area contributed by atoms with Crippen LogP contribution in [0.25, 0.3) is 5.69 Å². The van der Waals surface area contributed by atoms with Gasteiger partial charge in [0.05, 0.1) is 11.4 Å². The molecule has 1 saturated carbocycles. The van der Waals surface area contributed by atoms with E-state index >= 15 is 0 Å². The molecule has 0 spiro atoms. The fraction of sp³-hybridized carbons (Fsp3) is 0.500. The zero-order chi connectivity index (χ0) is 14.1. The second kappa shape index (κ2) is 5.37. The van der Waals surface area contributed by atoms with Gasteiger partial charge in [-0.3, -0.25) is 4.98 Å². The van der Waals surface area contributed by atoms with E-state index in [1.165, 1.54) is 18.4 Å². The lowest BCUT2D eigenvalue weighted by Crippen LogP contribution is -2.17. The maximum absolute atomic E-state index is 4.69. The van der Waals surface area contributed by atoms with E-state index in [0.29, 0.717) is 12.0 Å². The summed E-state index contributed by atoms with van der Waals surface area (Å²) >= 11 is 0. The van der Waals surface area contributed by atoms with Crippen LogP contribution in [0.2, 0.25) is 0 Å². The minimum atomic E-state index is 0.451. The molecule has 0 unspecified atom stereocenters. The zero-order valence-electron chi connectivity index (χ0n) is 12.4. The molecule has 0 radical (unpaired) electrons. The summed E-state index contributed by atoms with van der Waals surface area (Å²) in [5.41, 5.74) is 4.50. The number of nitrogens with one attached hydrogen (secondary N) is 1. The molecule has 1 aliphatic rings. The SMILES string of the molecule is Cc1cc(-n2ccc(C(C)C)n2)c(CNC2CC2)cn1. The molecule has 0 saturated heterocycles. The van der Waals surface area contributed by atoms with Crippen molar-refractivity contribution in [3.05, 3.63) is 41.5 Å². The highest BCUT2D eigenvalue weighted by Crippen LogP contribution is 2.21. The van der Waals surface area contributed by atoms with E-state index in [1.807, 2.05) is 24.0 Å². The Hall–Kier alpha value is -1.68. The van der Waals surface area contributed by atoms with Crippen LogP contribution in [0.4, 0.5) is 0 Å². The van der Waals surface area contributed by atoms with Gasteiger partial charge < -0.3 is 5.32 Å². The van der Waals surface area contributed by atoms with Crippen LogP contribution in [0.5, 0.6) is 0 Å². The molecule has 2 aromatic rings. The van der Waals surface area contributed by atoms with Crippen molar-refractivity contribution in [3.8, 4) is 5.69 Å². The Balaban J connectivity index is 1.90. The Labute approximate surface area is 120 Å². The molecule has 20 heavy (non-hydrogen) atoms. The summed E-state index contributed by atoms with van der Waals surface area (Å²) in [6.45, 7) is 7.22. The van der Waals surface area contributed by atoms with Crippen molar-refractivity contribution in [2.45, 2.75) is 52.1 Å². The van der Waals surface area contributed by atoms with Gasteiger partial charge in [-0.15, -0.1) is 0 Å². The first kappa shape index (κ1) is 13.3. The Morgan fingerprint density at radius 2 is 2.20 bits per heavy atom. The van der Waals surface area contributed by atoms with Crippen LogP contribution >= 0.6 is 0 Å². The van der Waals surface area contributed by atoms with Crippen molar-refractivity contribution in [1.29, 1.82) is 0 Å². The molecule has 1 N–H and O–H groups in total. The predicted octanol–water partition coefficient (Wildman–Crippen LogP) is 2.95. The van der Waals surface area contributed by atoms with E-state index in [-0.39, 0.29) is 0 Å². The van der Waals surface area contributed by atoms with Crippen LogP contribution in [-0.2, 0) is 6.54 Å². The summed E-state index contributed by atoms with van der Waals surface area (Å²) in [5, 5.41) is 8.24. The zero-order valence-corrected chi connectivity index (χ0v) is 12.4. The van der Waals surface area contributed by atoms with E-state index < -0.39 is 0 Å². The Morgan fingerprint density at radius 1 is 1.40 bits per heavy atom. The molecule has 0 amide bonds. The summed E-state index contributed by atoms with van der Waals surface area (Å²) in [4.78, 5) is 4.42. The number of hydrogen-bond donors (Lipinski definition) is 1. The van der Waals surface area contributed by atoms with Gasteiger partial charge in [-0.25, -0.2) is 4.68 Å². The molecule has 1 fully saturated rings. The second-order valence-electron chi connectivity index (χ2n) is 5.95. The third-order valence-corrected chi connectivity index (χ3v) is 3.71. The fourth-order valence-electron chi connectivity index (χ4n) is 2.25. The maximum atomic E-state index is 4.69. The first-order valence-corrected chi connectivity index (χ1v) is 7.38. The average molecular weight is 270 g/mol. The third-order valence-electron chi connectivity index (χ3n) is 3.71. The van der Waals surface area contributed by atoms with Gasteiger partial charge in [0.2, 0.25) is 0 Å². The Bertz CT molecular complexity index is 596. The van der Waals surface area contributed by atoms with E-state index in [2.05, 4.69) is 41.4 Å². The molecule has 4 nitrogen and oxygen atoms in total. The molecule has 0 atom stereocenters.